The Balaban J connectivity index is 1.87. The van der Waals surface area contributed by atoms with E-state index in [1.165, 1.54) is 0 Å². The average molecular weight is 280 g/mol. The molecule has 1 saturated heterocycles. The molecule has 1 atom stereocenters. The number of aliphatic hydroxyl groups is 1. The molecule has 2 aromatic heterocycles. The van der Waals surface area contributed by atoms with Gasteiger partial charge in [0, 0.05) is 30.8 Å². The predicted molar refractivity (Wildman–Crippen MR) is 81.3 cm³/mol. The number of β-amino-alcohol motifs (C(OH)–C–C–N with tert-alkyl or cyclic N) is 1. The van der Waals surface area contributed by atoms with E-state index >= 15 is 0 Å². The molecule has 106 valence electrons. The summed E-state index contributed by atoms with van der Waals surface area (Å²) in [6, 6.07) is 14.1. The lowest BCUT2D eigenvalue weighted by molar-refractivity contribution is 0.198. The van der Waals surface area contributed by atoms with Gasteiger partial charge in [0.05, 0.1) is 18.0 Å². The van der Waals surface area contributed by atoms with Crippen LogP contribution in [0.15, 0.2) is 48.7 Å². The highest BCUT2D eigenvalue weighted by atomic mass is 16.3. The predicted octanol–water partition coefficient (Wildman–Crippen LogP) is 1.97. The van der Waals surface area contributed by atoms with Gasteiger partial charge >= 0.3 is 0 Å². The van der Waals surface area contributed by atoms with Crippen molar-refractivity contribution in [3.63, 3.8) is 0 Å². The van der Waals surface area contributed by atoms with Crippen molar-refractivity contribution in [2.75, 3.05) is 18.0 Å². The minimum atomic E-state index is -0.260. The molecule has 0 saturated carbocycles. The summed E-state index contributed by atoms with van der Waals surface area (Å²) in [5.74, 6) is 0.986. The Labute approximate surface area is 122 Å². The van der Waals surface area contributed by atoms with Gasteiger partial charge in [-0.1, -0.05) is 30.3 Å². The van der Waals surface area contributed by atoms with Crippen molar-refractivity contribution in [2.45, 2.75) is 12.5 Å². The third-order valence-electron chi connectivity index (χ3n) is 3.90. The summed E-state index contributed by atoms with van der Waals surface area (Å²) in [6.07, 6.45) is 2.29. The van der Waals surface area contributed by atoms with Crippen molar-refractivity contribution in [3.05, 3.63) is 48.7 Å². The summed E-state index contributed by atoms with van der Waals surface area (Å²) in [6.45, 7) is 1.49. The zero-order valence-electron chi connectivity index (χ0n) is 11.6. The fraction of sp³-hybridized carbons (Fsp3) is 0.250. The number of rotatable bonds is 2. The number of hydrogen-bond donors (Lipinski definition) is 1. The van der Waals surface area contributed by atoms with Gasteiger partial charge in [-0.05, 0) is 6.42 Å². The van der Waals surface area contributed by atoms with Crippen LogP contribution in [0.2, 0.25) is 0 Å². The molecule has 0 spiro atoms. The second kappa shape index (κ2) is 4.86. The van der Waals surface area contributed by atoms with Crippen molar-refractivity contribution >= 4 is 11.5 Å². The van der Waals surface area contributed by atoms with E-state index in [2.05, 4.69) is 27.1 Å². The Kier molecular flexibility index (Phi) is 2.86. The molecule has 5 heteroatoms. The highest BCUT2D eigenvalue weighted by Gasteiger charge is 2.23. The molecular formula is C16H16N4O. The number of anilines is 1. The molecule has 0 aliphatic carbocycles. The van der Waals surface area contributed by atoms with Gasteiger partial charge in [-0.15, -0.1) is 0 Å². The van der Waals surface area contributed by atoms with Gasteiger partial charge < -0.3 is 10.0 Å². The maximum atomic E-state index is 9.78. The van der Waals surface area contributed by atoms with E-state index in [0.717, 1.165) is 35.7 Å². The van der Waals surface area contributed by atoms with Crippen LogP contribution in [0, 0.1) is 0 Å². The van der Waals surface area contributed by atoms with Crippen LogP contribution in [0.25, 0.3) is 16.9 Å². The molecule has 0 radical (unpaired) electrons. The van der Waals surface area contributed by atoms with Gasteiger partial charge in [0.2, 0.25) is 0 Å². The Hall–Kier alpha value is -2.40. The molecule has 0 unspecified atom stereocenters. The number of nitrogens with zero attached hydrogens (tertiary/aromatic N) is 4. The van der Waals surface area contributed by atoms with Crippen molar-refractivity contribution in [1.82, 2.24) is 14.6 Å². The molecule has 21 heavy (non-hydrogen) atoms. The quantitative estimate of drug-likeness (QED) is 0.779. The average Bonchev–Trinajstić information content (AvgIpc) is 3.15. The topological polar surface area (TPSA) is 53.7 Å². The molecule has 1 aliphatic heterocycles. The van der Waals surface area contributed by atoms with E-state index in [0.29, 0.717) is 6.54 Å². The van der Waals surface area contributed by atoms with E-state index < -0.39 is 0 Å². The molecule has 1 aliphatic rings. The second-order valence-electron chi connectivity index (χ2n) is 5.36. The Morgan fingerprint density at radius 3 is 2.76 bits per heavy atom. The highest BCUT2D eigenvalue weighted by molar-refractivity contribution is 5.67. The molecule has 4 rings (SSSR count). The first kappa shape index (κ1) is 12.3. The van der Waals surface area contributed by atoms with Crippen LogP contribution in [0.3, 0.4) is 0 Å². The van der Waals surface area contributed by atoms with E-state index in [1.54, 1.807) is 6.20 Å². The van der Waals surface area contributed by atoms with Crippen LogP contribution >= 0.6 is 0 Å². The third-order valence-corrected chi connectivity index (χ3v) is 3.90. The zero-order chi connectivity index (χ0) is 14.2. The molecule has 0 bridgehead atoms. The number of aliphatic hydroxyl groups excluding tert-OH is 1. The standard InChI is InChI=1S/C16H16N4O/c21-13-7-9-19(11-13)16-10-14(12-4-2-1-3-5-12)18-15-6-8-17-20(15)16/h1-6,8,10,13,21H,7,9,11H2/t13-/m1/s1. The molecule has 5 nitrogen and oxygen atoms in total. The minimum absolute atomic E-state index is 0.260. The summed E-state index contributed by atoms with van der Waals surface area (Å²) in [7, 11) is 0. The van der Waals surface area contributed by atoms with Crippen LogP contribution in [0.1, 0.15) is 6.42 Å². The fourth-order valence-corrected chi connectivity index (χ4v) is 2.83. The normalized spacial score (nSPS) is 18.5. The monoisotopic (exact) mass is 280 g/mol. The van der Waals surface area contributed by atoms with Crippen LogP contribution in [-0.4, -0.2) is 38.9 Å². The largest absolute Gasteiger partial charge is 0.391 e. The second-order valence-corrected chi connectivity index (χ2v) is 5.36. The molecule has 0 amide bonds. The lowest BCUT2D eigenvalue weighted by Gasteiger charge is -2.19. The molecule has 1 N–H and O–H groups in total. The van der Waals surface area contributed by atoms with Crippen LogP contribution < -0.4 is 4.90 Å². The Morgan fingerprint density at radius 2 is 2.00 bits per heavy atom. The van der Waals surface area contributed by atoms with Gasteiger partial charge in [0.1, 0.15) is 5.82 Å². The lowest BCUT2D eigenvalue weighted by Crippen LogP contribution is -2.24. The highest BCUT2D eigenvalue weighted by Crippen LogP contribution is 2.26. The van der Waals surface area contributed by atoms with E-state index in [9.17, 15) is 5.11 Å². The summed E-state index contributed by atoms with van der Waals surface area (Å²) >= 11 is 0. The Bertz CT molecular complexity index is 768. The van der Waals surface area contributed by atoms with Crippen molar-refractivity contribution < 1.29 is 5.11 Å². The number of hydrogen-bond acceptors (Lipinski definition) is 4. The summed E-state index contributed by atoms with van der Waals surface area (Å²) < 4.78 is 1.84. The van der Waals surface area contributed by atoms with Crippen molar-refractivity contribution in [1.29, 1.82) is 0 Å². The smallest absolute Gasteiger partial charge is 0.157 e. The van der Waals surface area contributed by atoms with Gasteiger partial charge in [-0.3, -0.25) is 0 Å². The van der Waals surface area contributed by atoms with Gasteiger partial charge in [-0.25, -0.2) is 4.98 Å². The molecule has 1 aromatic carbocycles. The first-order valence-corrected chi connectivity index (χ1v) is 7.14. The lowest BCUT2D eigenvalue weighted by atomic mass is 10.1. The first-order chi connectivity index (χ1) is 10.3. The summed E-state index contributed by atoms with van der Waals surface area (Å²) in [5.41, 5.74) is 2.84. The van der Waals surface area contributed by atoms with Crippen molar-refractivity contribution in [2.24, 2.45) is 0 Å². The summed E-state index contributed by atoms with van der Waals surface area (Å²) in [4.78, 5) is 6.83. The van der Waals surface area contributed by atoms with Gasteiger partial charge in [0.15, 0.2) is 5.65 Å². The van der Waals surface area contributed by atoms with Crippen LogP contribution in [0.5, 0.6) is 0 Å². The van der Waals surface area contributed by atoms with Crippen LogP contribution in [-0.2, 0) is 0 Å². The SMILES string of the molecule is O[C@@H]1CCN(c2cc(-c3ccccc3)nc3ccnn23)C1. The van der Waals surface area contributed by atoms with Crippen molar-refractivity contribution in [3.8, 4) is 11.3 Å². The third kappa shape index (κ3) is 2.15. The van der Waals surface area contributed by atoms with E-state index in [-0.39, 0.29) is 6.10 Å². The Morgan fingerprint density at radius 1 is 1.14 bits per heavy atom. The summed E-state index contributed by atoms with van der Waals surface area (Å²) in [5, 5.41) is 14.1. The van der Waals surface area contributed by atoms with Gasteiger partial charge in [0.25, 0.3) is 0 Å². The molecule has 3 aromatic rings. The van der Waals surface area contributed by atoms with E-state index in [4.69, 9.17) is 0 Å². The maximum Gasteiger partial charge on any atom is 0.157 e. The first-order valence-electron chi connectivity index (χ1n) is 7.14. The number of aromatic nitrogens is 3. The molecular weight excluding hydrogens is 264 g/mol. The number of benzene rings is 1. The fourth-order valence-electron chi connectivity index (χ4n) is 2.83. The van der Waals surface area contributed by atoms with Gasteiger partial charge in [-0.2, -0.15) is 9.61 Å². The maximum absolute atomic E-state index is 9.78. The number of fused-ring (bicyclic) bond motifs is 1. The zero-order valence-corrected chi connectivity index (χ0v) is 11.6. The minimum Gasteiger partial charge on any atom is -0.391 e. The van der Waals surface area contributed by atoms with E-state index in [1.807, 2.05) is 34.8 Å². The van der Waals surface area contributed by atoms with Crippen LogP contribution in [0.4, 0.5) is 5.82 Å². The molecule has 3 heterocycles. The molecule has 1 fully saturated rings.